The van der Waals surface area contributed by atoms with Gasteiger partial charge in [-0.15, -0.1) is 11.6 Å². The first-order valence-electron chi connectivity index (χ1n) is 5.02. The number of hydrogen-bond acceptors (Lipinski definition) is 4. The highest BCUT2D eigenvalue weighted by molar-refractivity contribution is 6.17. The minimum Gasteiger partial charge on any atom is -0.478 e. The molecule has 0 radical (unpaired) electrons. The van der Waals surface area contributed by atoms with Crippen LogP contribution in [0.2, 0.25) is 0 Å². The molecule has 0 saturated carbocycles. The fraction of sp³-hybridized carbons (Fsp3) is 0.364. The van der Waals surface area contributed by atoms with Gasteiger partial charge < -0.3 is 21.1 Å². The number of carbonyl (C=O) groups is 1. The maximum absolute atomic E-state index is 10.8. The molecule has 94 valence electrons. The third-order valence-corrected chi connectivity index (χ3v) is 2.68. The molecule has 0 aromatic heterocycles. The largest absolute Gasteiger partial charge is 0.478 e. The number of hydrogen-bond donors (Lipinski definition) is 4. The first-order valence-corrected chi connectivity index (χ1v) is 5.56. The molecule has 0 fully saturated rings. The van der Waals surface area contributed by atoms with Crippen molar-refractivity contribution < 1.29 is 20.1 Å². The topological polar surface area (TPSA) is 104 Å². The van der Waals surface area contributed by atoms with Gasteiger partial charge in [-0.25, -0.2) is 4.79 Å². The van der Waals surface area contributed by atoms with Crippen molar-refractivity contribution >= 4 is 23.3 Å². The summed E-state index contributed by atoms with van der Waals surface area (Å²) in [6, 6.07) is 4.28. The second kappa shape index (κ2) is 5.86. The van der Waals surface area contributed by atoms with Gasteiger partial charge in [0.15, 0.2) is 0 Å². The summed E-state index contributed by atoms with van der Waals surface area (Å²) < 4.78 is 0. The predicted octanol–water partition coefficient (Wildman–Crippen LogP) is 0.990. The second-order valence-electron chi connectivity index (χ2n) is 3.60. The molecule has 1 aromatic rings. The van der Waals surface area contributed by atoms with Crippen LogP contribution in [0.4, 0.5) is 5.69 Å². The zero-order chi connectivity index (χ0) is 13.0. The van der Waals surface area contributed by atoms with Crippen molar-refractivity contribution in [3.8, 4) is 0 Å². The molecule has 0 bridgehead atoms. The summed E-state index contributed by atoms with van der Waals surface area (Å²) in [6.07, 6.45) is -2.12. The van der Waals surface area contributed by atoms with Crippen LogP contribution in [0.25, 0.3) is 0 Å². The van der Waals surface area contributed by atoms with Crippen LogP contribution in [0.1, 0.15) is 28.4 Å². The number of carboxylic acid groups (broad SMARTS) is 1. The monoisotopic (exact) mass is 259 g/mol. The summed E-state index contributed by atoms with van der Waals surface area (Å²) in [5, 5.41) is 28.3. The molecule has 6 heteroatoms. The number of aliphatic hydroxyl groups is 2. The van der Waals surface area contributed by atoms with Crippen molar-refractivity contribution in [2.24, 2.45) is 0 Å². The van der Waals surface area contributed by atoms with Crippen LogP contribution >= 0.6 is 11.6 Å². The Balaban J connectivity index is 3.06. The average molecular weight is 260 g/mol. The van der Waals surface area contributed by atoms with Crippen LogP contribution in [0.15, 0.2) is 18.2 Å². The average Bonchev–Trinajstić information content (AvgIpc) is 2.28. The highest BCUT2D eigenvalue weighted by Gasteiger charge is 2.22. The molecule has 0 heterocycles. The van der Waals surface area contributed by atoms with E-state index in [2.05, 4.69) is 0 Å². The van der Waals surface area contributed by atoms with Crippen molar-refractivity contribution in [3.05, 3.63) is 29.3 Å². The molecular formula is C11H14ClNO4. The molecule has 5 nitrogen and oxygen atoms in total. The van der Waals surface area contributed by atoms with E-state index in [1.54, 1.807) is 0 Å². The standard InChI is InChI=1S/C11H14ClNO4/c12-5-4-8(14)10(15)6-2-1-3-7(9(6)13)11(16)17/h1-3,8,10,14-15H,4-5,13H2,(H,16,17). The highest BCUT2D eigenvalue weighted by Crippen LogP contribution is 2.27. The van der Waals surface area contributed by atoms with Gasteiger partial charge in [-0.1, -0.05) is 12.1 Å². The number of alkyl halides is 1. The predicted molar refractivity (Wildman–Crippen MR) is 64.1 cm³/mol. The van der Waals surface area contributed by atoms with Crippen LogP contribution in [0.3, 0.4) is 0 Å². The lowest BCUT2D eigenvalue weighted by Crippen LogP contribution is -2.20. The number of benzene rings is 1. The molecule has 0 spiro atoms. The first-order chi connectivity index (χ1) is 7.99. The molecule has 1 aromatic carbocycles. The minimum absolute atomic E-state index is 0.0406. The number of carboxylic acids is 1. The van der Waals surface area contributed by atoms with E-state index in [4.69, 9.17) is 22.4 Å². The van der Waals surface area contributed by atoms with E-state index in [0.29, 0.717) is 0 Å². The highest BCUT2D eigenvalue weighted by atomic mass is 35.5. The Morgan fingerprint density at radius 1 is 1.41 bits per heavy atom. The van der Waals surface area contributed by atoms with Gasteiger partial charge in [0.2, 0.25) is 0 Å². The number of halogens is 1. The van der Waals surface area contributed by atoms with Crippen molar-refractivity contribution in [2.75, 3.05) is 11.6 Å². The van der Waals surface area contributed by atoms with Gasteiger partial charge in [0.25, 0.3) is 0 Å². The molecule has 0 aliphatic rings. The van der Waals surface area contributed by atoms with Gasteiger partial charge in [-0.05, 0) is 12.5 Å². The van der Waals surface area contributed by atoms with Gasteiger partial charge in [0.05, 0.1) is 17.4 Å². The van der Waals surface area contributed by atoms with Crippen LogP contribution in [0.5, 0.6) is 0 Å². The van der Waals surface area contributed by atoms with Crippen LogP contribution in [-0.2, 0) is 0 Å². The van der Waals surface area contributed by atoms with E-state index in [-0.39, 0.29) is 29.1 Å². The third-order valence-electron chi connectivity index (χ3n) is 2.46. The maximum atomic E-state index is 10.8. The Morgan fingerprint density at radius 3 is 2.59 bits per heavy atom. The Bertz CT molecular complexity index is 410. The summed E-state index contributed by atoms with van der Waals surface area (Å²) in [4.78, 5) is 10.8. The molecule has 1 rings (SSSR count). The Labute approximate surface area is 103 Å². The second-order valence-corrected chi connectivity index (χ2v) is 3.98. The van der Waals surface area contributed by atoms with Crippen molar-refractivity contribution in [1.29, 1.82) is 0 Å². The number of nitrogen functional groups attached to an aromatic ring is 1. The SMILES string of the molecule is Nc1c(C(=O)O)cccc1C(O)C(O)CCCl. The quantitative estimate of drug-likeness (QED) is 0.466. The fourth-order valence-corrected chi connectivity index (χ4v) is 1.73. The van der Waals surface area contributed by atoms with Gasteiger partial charge in [0.1, 0.15) is 6.10 Å². The van der Waals surface area contributed by atoms with Crippen molar-refractivity contribution in [2.45, 2.75) is 18.6 Å². The van der Waals surface area contributed by atoms with E-state index in [0.717, 1.165) is 0 Å². The number of nitrogens with two attached hydrogens (primary N) is 1. The molecule has 2 atom stereocenters. The Kier molecular flexibility index (Phi) is 4.74. The number of aliphatic hydroxyl groups excluding tert-OH is 2. The summed E-state index contributed by atoms with van der Waals surface area (Å²) in [7, 11) is 0. The van der Waals surface area contributed by atoms with Crippen molar-refractivity contribution in [1.82, 2.24) is 0 Å². The van der Waals surface area contributed by atoms with Gasteiger partial charge in [-0.2, -0.15) is 0 Å². The van der Waals surface area contributed by atoms with E-state index >= 15 is 0 Å². The van der Waals surface area contributed by atoms with E-state index in [1.807, 2.05) is 0 Å². The molecule has 5 N–H and O–H groups in total. The molecule has 2 unspecified atom stereocenters. The lowest BCUT2D eigenvalue weighted by molar-refractivity contribution is 0.0173. The molecule has 0 amide bonds. The van der Waals surface area contributed by atoms with Crippen molar-refractivity contribution in [3.63, 3.8) is 0 Å². The Morgan fingerprint density at radius 2 is 2.06 bits per heavy atom. The zero-order valence-corrected chi connectivity index (χ0v) is 9.76. The van der Waals surface area contributed by atoms with E-state index < -0.39 is 18.2 Å². The van der Waals surface area contributed by atoms with Gasteiger partial charge in [0, 0.05) is 11.4 Å². The van der Waals surface area contributed by atoms with Gasteiger partial charge in [-0.3, -0.25) is 0 Å². The lowest BCUT2D eigenvalue weighted by atomic mass is 9.98. The first kappa shape index (κ1) is 13.8. The van der Waals surface area contributed by atoms with Crippen LogP contribution < -0.4 is 5.73 Å². The fourth-order valence-electron chi connectivity index (χ4n) is 1.50. The molecule has 17 heavy (non-hydrogen) atoms. The van der Waals surface area contributed by atoms with E-state index in [9.17, 15) is 15.0 Å². The summed E-state index contributed by atoms with van der Waals surface area (Å²) >= 11 is 5.45. The molecule has 0 saturated heterocycles. The lowest BCUT2D eigenvalue weighted by Gasteiger charge is -2.19. The number of anilines is 1. The molecule has 0 aliphatic heterocycles. The van der Waals surface area contributed by atoms with Crippen LogP contribution in [0, 0.1) is 0 Å². The molecule has 0 aliphatic carbocycles. The number of rotatable bonds is 5. The van der Waals surface area contributed by atoms with Gasteiger partial charge >= 0.3 is 5.97 Å². The molecular weight excluding hydrogens is 246 g/mol. The smallest absolute Gasteiger partial charge is 0.337 e. The van der Waals surface area contributed by atoms with E-state index in [1.165, 1.54) is 18.2 Å². The minimum atomic E-state index is -1.24. The summed E-state index contributed by atoms with van der Waals surface area (Å²) in [6.45, 7) is 0. The summed E-state index contributed by atoms with van der Waals surface area (Å²) in [5.74, 6) is -0.986. The van der Waals surface area contributed by atoms with Crippen LogP contribution in [-0.4, -0.2) is 33.3 Å². The summed E-state index contributed by atoms with van der Waals surface area (Å²) in [5.41, 5.74) is 5.69. The number of aromatic carboxylic acids is 1. The third kappa shape index (κ3) is 3.09. The Hall–Kier alpha value is -1.30. The maximum Gasteiger partial charge on any atom is 0.337 e. The zero-order valence-electron chi connectivity index (χ0n) is 9.01. The normalized spacial score (nSPS) is 14.3. The number of para-hydroxylation sites is 1.